The third-order valence-electron chi connectivity index (χ3n) is 31.1. The summed E-state index contributed by atoms with van der Waals surface area (Å²) < 4.78 is 39.6. The van der Waals surface area contributed by atoms with Gasteiger partial charge in [0.2, 0.25) is 0 Å². The van der Waals surface area contributed by atoms with Crippen LogP contribution in [0.4, 0.5) is 34.1 Å². The molecule has 20 heteroatoms. The molecule has 0 aliphatic carbocycles. The standard InChI is InChI=1S/2C23H29NO2.C20H25NOS.C19H21NO2.2C18H18BrNO2/c2*1-23(2,3)16-9-12-20-19(13-16)22-18(11-10-17(14-25)26-22)21(24-20)15-7-5-4-6-8-15;1-20(2,3)14-6-7-17-16(11-14)19-15(5-4-9-22-19)18(21-17)13-8-10-23-12-13;1-12-7-8-17-16(10-12)19-15(6-3-9-22-19)18(20-17)13-4-2-5-14(21)11-13;2*19-12-6-7-16-15(10-12)18-14(5-2-8-22-18)17(20-16)11-3-1-4-13(21)9-11/h2*4-9,12-13,17-18,21-22,24-25H,10-11,14H2,1-3H3;6-8,10-12,15,18-19,21H,4-5,9H2,1-3H3;2,4-5,7-8,10-11,15,18-21H,3,6,9H2,1H3;2*1,3-4,6-7,9-10,14,17-18,20-21H,2,5,8H2/t17?,18-,21-,22-;;2*15-,18-,19-;14-,17-,18-;/m0.000./s1. The van der Waals surface area contributed by atoms with Crippen LogP contribution in [0.5, 0.6) is 17.2 Å². The van der Waals surface area contributed by atoms with Gasteiger partial charge >= 0.3 is 0 Å². The fourth-order valence-electron chi connectivity index (χ4n) is 23.8. The summed E-state index contributed by atoms with van der Waals surface area (Å²) >= 11 is 8.90. The number of nitrogens with one attached hydrogen (secondary N) is 6. The fourth-order valence-corrected chi connectivity index (χ4v) is 25.3. The van der Waals surface area contributed by atoms with Crippen LogP contribution in [0.2, 0.25) is 0 Å². The number of phenols is 3. The van der Waals surface area contributed by atoms with Crippen molar-refractivity contribution in [1.82, 2.24) is 0 Å². The predicted octanol–water partition coefficient (Wildman–Crippen LogP) is 29.6. The van der Waals surface area contributed by atoms with E-state index in [0.29, 0.717) is 58.8 Å². The molecule has 11 N–H and O–H groups in total. The maximum absolute atomic E-state index is 9.81. The van der Waals surface area contributed by atoms with Crippen LogP contribution >= 0.6 is 43.2 Å². The minimum atomic E-state index is -0.0584. The summed E-state index contributed by atoms with van der Waals surface area (Å²) in [5.74, 6) is 3.41. The van der Waals surface area contributed by atoms with E-state index in [4.69, 9.17) is 28.4 Å². The van der Waals surface area contributed by atoms with Crippen LogP contribution in [0.1, 0.15) is 301 Å². The molecule has 0 radical (unpaired) electrons. The van der Waals surface area contributed by atoms with E-state index in [0.717, 1.165) is 151 Å². The highest BCUT2D eigenvalue weighted by Gasteiger charge is 2.49. The van der Waals surface area contributed by atoms with Crippen molar-refractivity contribution < 1.29 is 54.0 Å². The van der Waals surface area contributed by atoms with E-state index in [-0.39, 0.29) is 108 Å². The highest BCUT2D eigenvalue weighted by Crippen LogP contribution is 2.58. The van der Waals surface area contributed by atoms with Gasteiger partial charge in [0.05, 0.1) is 98.3 Å². The molecule has 740 valence electrons. The number of hydrogen-bond acceptors (Lipinski definition) is 18. The number of thiophene rings is 1. The third-order valence-corrected chi connectivity index (χ3v) is 32.8. The summed E-state index contributed by atoms with van der Waals surface area (Å²) in [7, 11) is 0. The molecule has 6 fully saturated rings. The number of ether oxygens (including phenoxy) is 6. The molecule has 1 aromatic heterocycles. The van der Waals surface area contributed by atoms with Gasteiger partial charge in [-0.3, -0.25) is 0 Å². The van der Waals surface area contributed by atoms with Crippen LogP contribution in [-0.2, 0) is 44.7 Å². The Hall–Kier alpha value is -10.0. The molecular formula is C121H140Br2N6O11S. The van der Waals surface area contributed by atoms with Gasteiger partial charge in [-0.1, -0.05) is 245 Å². The summed E-state index contributed by atoms with van der Waals surface area (Å²) in [5, 5.41) is 75.5. The monoisotopic (exact) mass is 2040 g/mol. The Labute approximate surface area is 854 Å². The first kappa shape index (κ1) is 99.7. The molecule has 12 aliphatic rings. The molecule has 141 heavy (non-hydrogen) atoms. The summed E-state index contributed by atoms with van der Waals surface area (Å²) in [6, 6.07) is 87.1. The van der Waals surface area contributed by atoms with Gasteiger partial charge in [0.1, 0.15) is 17.2 Å². The molecule has 20 atom stereocenters. The van der Waals surface area contributed by atoms with E-state index >= 15 is 0 Å². The van der Waals surface area contributed by atoms with Crippen molar-refractivity contribution in [2.75, 3.05) is 71.5 Å². The van der Waals surface area contributed by atoms with E-state index in [1.807, 2.05) is 36.4 Å². The Morgan fingerprint density at radius 1 is 0.298 bits per heavy atom. The first-order chi connectivity index (χ1) is 68.1. The number of fused-ring (bicyclic) bond motifs is 18. The van der Waals surface area contributed by atoms with Gasteiger partial charge in [0.15, 0.2) is 0 Å². The number of aliphatic hydroxyl groups is 2. The summed E-state index contributed by atoms with van der Waals surface area (Å²) in [6.07, 6.45) is 13.6. The Morgan fingerprint density at radius 2 is 0.589 bits per heavy atom. The first-order valence-electron chi connectivity index (χ1n) is 51.3. The zero-order valence-corrected chi connectivity index (χ0v) is 86.9. The molecule has 13 heterocycles. The molecule has 0 saturated carbocycles. The van der Waals surface area contributed by atoms with Crippen molar-refractivity contribution in [2.24, 2.45) is 35.5 Å². The van der Waals surface area contributed by atoms with Crippen molar-refractivity contribution in [3.8, 4) is 17.2 Å². The van der Waals surface area contributed by atoms with Crippen LogP contribution in [0.15, 0.2) is 268 Å². The molecule has 12 aromatic rings. The van der Waals surface area contributed by atoms with Gasteiger partial charge in [0.25, 0.3) is 0 Å². The predicted molar refractivity (Wildman–Crippen MR) is 575 cm³/mol. The lowest BCUT2D eigenvalue weighted by Gasteiger charge is -2.45. The van der Waals surface area contributed by atoms with E-state index in [1.165, 1.54) is 84.4 Å². The zero-order chi connectivity index (χ0) is 98.0. The maximum atomic E-state index is 9.81. The van der Waals surface area contributed by atoms with E-state index in [9.17, 15) is 25.5 Å². The summed E-state index contributed by atoms with van der Waals surface area (Å²) in [4.78, 5) is 0. The number of rotatable bonds is 8. The normalized spacial score (nSPS) is 27.2. The number of aromatic hydroxyl groups is 3. The van der Waals surface area contributed by atoms with Gasteiger partial charge in [-0.15, -0.1) is 0 Å². The lowest BCUT2D eigenvalue weighted by Crippen LogP contribution is -2.40. The smallest absolute Gasteiger partial charge is 0.115 e. The van der Waals surface area contributed by atoms with Crippen LogP contribution in [0, 0.1) is 42.4 Å². The van der Waals surface area contributed by atoms with Crippen LogP contribution in [-0.4, -0.2) is 77.4 Å². The quantitative estimate of drug-likeness (QED) is 0.0680. The second-order valence-electron chi connectivity index (χ2n) is 43.7. The van der Waals surface area contributed by atoms with Crippen molar-refractivity contribution >= 4 is 77.3 Å². The van der Waals surface area contributed by atoms with Gasteiger partial charge in [-0.2, -0.15) is 11.3 Å². The Kier molecular flexibility index (Phi) is 30.7. The number of anilines is 6. The number of halogens is 2. The highest BCUT2D eigenvalue weighted by molar-refractivity contribution is 9.10. The topological polar surface area (TPSA) is 229 Å². The molecule has 6 saturated heterocycles. The van der Waals surface area contributed by atoms with Crippen LogP contribution in [0.3, 0.4) is 0 Å². The molecule has 11 aromatic carbocycles. The largest absolute Gasteiger partial charge is 0.508 e. The van der Waals surface area contributed by atoms with Crippen molar-refractivity contribution in [3.63, 3.8) is 0 Å². The first-order valence-corrected chi connectivity index (χ1v) is 53.9. The number of aliphatic hydroxyl groups excluding tert-OH is 2. The Bertz CT molecular complexity index is 5850. The average molecular weight is 2050 g/mol. The lowest BCUT2D eigenvalue weighted by molar-refractivity contribution is -0.110. The minimum absolute atomic E-state index is 0.0321. The minimum Gasteiger partial charge on any atom is -0.508 e. The Balaban J connectivity index is 0.000000108. The van der Waals surface area contributed by atoms with Crippen LogP contribution < -0.4 is 31.9 Å². The zero-order valence-electron chi connectivity index (χ0n) is 83.0. The van der Waals surface area contributed by atoms with Crippen molar-refractivity contribution in [3.05, 3.63) is 357 Å². The summed E-state index contributed by atoms with van der Waals surface area (Å²) in [5.41, 5.74) is 27.6. The lowest BCUT2D eigenvalue weighted by atomic mass is 9.75. The second-order valence-corrected chi connectivity index (χ2v) is 46.3. The fraction of sp³-hybridized carbons (Fsp3) is 0.421. The molecule has 0 bridgehead atoms. The van der Waals surface area contributed by atoms with Crippen LogP contribution in [0.25, 0.3) is 0 Å². The van der Waals surface area contributed by atoms with Gasteiger partial charge < -0.3 is 85.9 Å². The van der Waals surface area contributed by atoms with E-state index in [1.54, 1.807) is 29.5 Å². The number of aryl methyl sites for hydroxylation is 1. The van der Waals surface area contributed by atoms with Crippen molar-refractivity contribution in [2.45, 2.75) is 248 Å². The number of phenolic OH excluding ortho intramolecular Hbond substituents is 3. The number of hydrogen-bond donors (Lipinski definition) is 11. The van der Waals surface area contributed by atoms with Gasteiger partial charge in [-0.05, 0) is 264 Å². The van der Waals surface area contributed by atoms with Gasteiger partial charge in [0, 0.05) is 138 Å². The van der Waals surface area contributed by atoms with Crippen molar-refractivity contribution in [1.29, 1.82) is 0 Å². The molecule has 8 unspecified atom stereocenters. The molecule has 12 aliphatic heterocycles. The number of benzene rings is 11. The highest BCUT2D eigenvalue weighted by atomic mass is 79.9. The Morgan fingerprint density at radius 3 is 0.908 bits per heavy atom. The third kappa shape index (κ3) is 22.3. The second kappa shape index (κ2) is 43.5. The van der Waals surface area contributed by atoms with Gasteiger partial charge in [-0.25, -0.2) is 0 Å². The molecule has 24 rings (SSSR count). The molecule has 0 amide bonds. The van der Waals surface area contributed by atoms with E-state index in [2.05, 4.69) is 338 Å². The SMILES string of the molecule is CC(C)(C)c1ccc2c(c1)C1OC(CO)CCC1C(c1ccccc1)N2.CC(C)(C)c1ccc2c(c1)[C@H]1OC(CO)CC[C@H]1[C@H](c1ccccc1)N2.CC(C)(C)c1ccc2c(c1)[C@H]1OCCC[C@H]1[C@H](c1ccsc1)N2.Cc1ccc2c(c1)[C@H]1OCCC[C@H]1[C@H](c1cccc(O)c1)N2.Oc1cccc(C2Nc3ccc(Br)cc3C3OCCCC23)c1.Oc1cccc([C@@H]2Nc3ccc(Br)cc3[C@H]3OCCC[C@H]32)c1. The average Bonchev–Trinajstić information content (AvgIpc) is 1.01. The summed E-state index contributed by atoms with van der Waals surface area (Å²) in [6.45, 7) is 26.0. The molecular weight excluding hydrogens is 1910 g/mol. The molecule has 17 nitrogen and oxygen atoms in total. The maximum Gasteiger partial charge on any atom is 0.115 e. The molecule has 0 spiro atoms. The van der Waals surface area contributed by atoms with E-state index < -0.39 is 0 Å².